The second kappa shape index (κ2) is 9.22. The summed E-state index contributed by atoms with van der Waals surface area (Å²) in [5.74, 6) is 0.509. The lowest BCUT2D eigenvalue weighted by atomic mass is 10.0. The van der Waals surface area contributed by atoms with Crippen molar-refractivity contribution < 1.29 is 19.3 Å². The minimum atomic E-state index is -0.629. The molecular formula is C23H29FN2O3. The zero-order valence-electron chi connectivity index (χ0n) is 16.5. The van der Waals surface area contributed by atoms with Gasteiger partial charge in [-0.3, -0.25) is 4.90 Å². The van der Waals surface area contributed by atoms with E-state index >= 15 is 0 Å². The maximum atomic E-state index is 13.2. The number of piperidine rings is 1. The standard InChI is InChI=1S/C23H29FN2O3/c24-17-8-6-16(7-9-17)15-25-20-14-21(29-19-4-2-1-3-5-19)23(28)22(20)26-12-10-18(27)11-13-26/h1-9,18,20-23,25,27-28H,10-15H2/t20-,21-,22+,23+/m1/s1. The van der Waals surface area contributed by atoms with E-state index in [9.17, 15) is 14.6 Å². The molecule has 156 valence electrons. The van der Waals surface area contributed by atoms with E-state index in [0.717, 1.165) is 37.2 Å². The van der Waals surface area contributed by atoms with Crippen LogP contribution in [0.1, 0.15) is 24.8 Å². The van der Waals surface area contributed by atoms with Gasteiger partial charge in [-0.2, -0.15) is 0 Å². The highest BCUT2D eigenvalue weighted by atomic mass is 19.1. The molecule has 3 N–H and O–H groups in total. The van der Waals surface area contributed by atoms with Gasteiger partial charge in [-0.15, -0.1) is 0 Å². The van der Waals surface area contributed by atoms with Crippen LogP contribution in [0.2, 0.25) is 0 Å². The van der Waals surface area contributed by atoms with E-state index in [0.29, 0.717) is 13.0 Å². The molecule has 0 spiro atoms. The molecule has 29 heavy (non-hydrogen) atoms. The van der Waals surface area contributed by atoms with Crippen molar-refractivity contribution in [3.05, 3.63) is 66.0 Å². The van der Waals surface area contributed by atoms with Crippen LogP contribution in [0.3, 0.4) is 0 Å². The predicted octanol–water partition coefficient (Wildman–Crippen LogP) is 2.32. The van der Waals surface area contributed by atoms with Crippen molar-refractivity contribution in [2.45, 2.75) is 56.2 Å². The van der Waals surface area contributed by atoms with E-state index < -0.39 is 6.10 Å². The van der Waals surface area contributed by atoms with E-state index in [1.807, 2.05) is 30.3 Å². The second-order valence-electron chi connectivity index (χ2n) is 8.07. The van der Waals surface area contributed by atoms with Crippen LogP contribution < -0.4 is 10.1 Å². The van der Waals surface area contributed by atoms with Gasteiger partial charge in [0.15, 0.2) is 0 Å². The van der Waals surface area contributed by atoms with Gasteiger partial charge in [0.1, 0.15) is 23.8 Å². The van der Waals surface area contributed by atoms with Crippen LogP contribution in [0, 0.1) is 5.82 Å². The highest BCUT2D eigenvalue weighted by Gasteiger charge is 2.47. The smallest absolute Gasteiger partial charge is 0.128 e. The van der Waals surface area contributed by atoms with Crippen LogP contribution in [-0.2, 0) is 6.54 Å². The lowest BCUT2D eigenvalue weighted by Gasteiger charge is -2.39. The number of hydrogen-bond donors (Lipinski definition) is 3. The average molecular weight is 400 g/mol. The number of ether oxygens (including phenoxy) is 1. The van der Waals surface area contributed by atoms with Crippen LogP contribution in [0.25, 0.3) is 0 Å². The van der Waals surface area contributed by atoms with Crippen LogP contribution in [0.15, 0.2) is 54.6 Å². The molecular weight excluding hydrogens is 371 g/mol. The van der Waals surface area contributed by atoms with Crippen molar-refractivity contribution in [1.82, 2.24) is 10.2 Å². The summed E-state index contributed by atoms with van der Waals surface area (Å²) in [5, 5.41) is 24.5. The molecule has 2 fully saturated rings. The quantitative estimate of drug-likeness (QED) is 0.695. The third-order valence-electron chi connectivity index (χ3n) is 6.06. The van der Waals surface area contributed by atoms with Gasteiger partial charge in [0, 0.05) is 32.1 Å². The lowest BCUT2D eigenvalue weighted by molar-refractivity contribution is -0.0148. The van der Waals surface area contributed by atoms with Crippen molar-refractivity contribution in [1.29, 1.82) is 0 Å². The monoisotopic (exact) mass is 400 g/mol. The van der Waals surface area contributed by atoms with Gasteiger partial charge in [0.05, 0.1) is 12.1 Å². The first-order chi connectivity index (χ1) is 14.1. The molecule has 6 heteroatoms. The van der Waals surface area contributed by atoms with E-state index in [2.05, 4.69) is 10.2 Å². The number of benzene rings is 2. The highest BCUT2D eigenvalue weighted by Crippen LogP contribution is 2.31. The van der Waals surface area contributed by atoms with E-state index in [-0.39, 0.29) is 30.1 Å². The molecule has 1 aliphatic heterocycles. The molecule has 4 rings (SSSR count). The van der Waals surface area contributed by atoms with Gasteiger partial charge >= 0.3 is 0 Å². The fraction of sp³-hybridized carbons (Fsp3) is 0.478. The third-order valence-corrected chi connectivity index (χ3v) is 6.06. The molecule has 2 aliphatic rings. The van der Waals surface area contributed by atoms with Gasteiger partial charge in [-0.1, -0.05) is 30.3 Å². The van der Waals surface area contributed by atoms with Crippen molar-refractivity contribution in [3.8, 4) is 5.75 Å². The molecule has 0 unspecified atom stereocenters. The topological polar surface area (TPSA) is 65.0 Å². The highest BCUT2D eigenvalue weighted by molar-refractivity contribution is 5.22. The number of aliphatic hydroxyl groups excluding tert-OH is 2. The Bertz CT molecular complexity index is 765. The summed E-state index contributed by atoms with van der Waals surface area (Å²) < 4.78 is 19.3. The number of halogens is 1. The minimum absolute atomic E-state index is 0.0407. The fourth-order valence-electron chi connectivity index (χ4n) is 4.49. The fourth-order valence-corrected chi connectivity index (χ4v) is 4.49. The Morgan fingerprint density at radius 1 is 1.00 bits per heavy atom. The number of para-hydroxylation sites is 1. The Kier molecular flexibility index (Phi) is 6.45. The Balaban J connectivity index is 1.47. The van der Waals surface area contributed by atoms with E-state index in [1.54, 1.807) is 12.1 Å². The van der Waals surface area contributed by atoms with Gasteiger partial charge < -0.3 is 20.3 Å². The lowest BCUT2D eigenvalue weighted by Crippen LogP contribution is -2.55. The molecule has 0 aromatic heterocycles. The Morgan fingerprint density at radius 2 is 1.69 bits per heavy atom. The molecule has 1 saturated heterocycles. The SMILES string of the molecule is OC1CCN([C@@H]2[C@@H](O)[C@H](Oc3ccccc3)C[C@H]2NCc2ccc(F)cc2)CC1. The summed E-state index contributed by atoms with van der Waals surface area (Å²) >= 11 is 0. The summed E-state index contributed by atoms with van der Waals surface area (Å²) in [5.41, 5.74) is 1.00. The summed E-state index contributed by atoms with van der Waals surface area (Å²) in [6, 6.07) is 16.0. The maximum absolute atomic E-state index is 13.2. The zero-order chi connectivity index (χ0) is 20.2. The molecule has 1 aliphatic carbocycles. The Hall–Kier alpha value is -1.99. The largest absolute Gasteiger partial charge is 0.488 e. The first-order valence-corrected chi connectivity index (χ1v) is 10.4. The predicted molar refractivity (Wildman–Crippen MR) is 109 cm³/mol. The van der Waals surface area contributed by atoms with Crippen molar-refractivity contribution in [2.24, 2.45) is 0 Å². The average Bonchev–Trinajstić information content (AvgIpc) is 3.04. The molecule has 5 nitrogen and oxygen atoms in total. The van der Waals surface area contributed by atoms with Crippen LogP contribution in [-0.4, -0.2) is 58.6 Å². The number of likely N-dealkylation sites (tertiary alicyclic amines) is 1. The normalized spacial score (nSPS) is 28.5. The minimum Gasteiger partial charge on any atom is -0.488 e. The van der Waals surface area contributed by atoms with Crippen LogP contribution in [0.4, 0.5) is 4.39 Å². The Morgan fingerprint density at radius 3 is 2.38 bits per heavy atom. The molecule has 0 bridgehead atoms. The number of hydrogen-bond acceptors (Lipinski definition) is 5. The molecule has 1 heterocycles. The molecule has 4 atom stereocenters. The van der Waals surface area contributed by atoms with Crippen LogP contribution in [0.5, 0.6) is 5.75 Å². The summed E-state index contributed by atoms with van der Waals surface area (Å²) in [4.78, 5) is 2.27. The number of nitrogens with zero attached hydrogens (tertiary/aromatic N) is 1. The number of rotatable bonds is 6. The zero-order valence-corrected chi connectivity index (χ0v) is 16.5. The molecule has 0 radical (unpaired) electrons. The van der Waals surface area contributed by atoms with Crippen molar-refractivity contribution in [2.75, 3.05) is 13.1 Å². The van der Waals surface area contributed by atoms with Crippen molar-refractivity contribution in [3.63, 3.8) is 0 Å². The summed E-state index contributed by atoms with van der Waals surface area (Å²) in [6.07, 6.45) is 0.930. The molecule has 1 saturated carbocycles. The van der Waals surface area contributed by atoms with Gasteiger partial charge in [0.25, 0.3) is 0 Å². The first kappa shape index (κ1) is 20.3. The first-order valence-electron chi connectivity index (χ1n) is 10.4. The second-order valence-corrected chi connectivity index (χ2v) is 8.07. The summed E-state index contributed by atoms with van der Waals surface area (Å²) in [7, 11) is 0. The number of nitrogens with one attached hydrogen (secondary N) is 1. The van der Waals surface area contributed by atoms with Gasteiger partial charge in [-0.25, -0.2) is 4.39 Å². The summed E-state index contributed by atoms with van der Waals surface area (Å²) in [6.45, 7) is 2.12. The van der Waals surface area contributed by atoms with E-state index in [1.165, 1.54) is 12.1 Å². The molecule has 2 aromatic rings. The van der Waals surface area contributed by atoms with Crippen LogP contribution >= 0.6 is 0 Å². The maximum Gasteiger partial charge on any atom is 0.128 e. The van der Waals surface area contributed by atoms with Gasteiger partial charge in [-0.05, 0) is 42.7 Å². The molecule has 2 aromatic carbocycles. The molecule has 0 amide bonds. The third kappa shape index (κ3) is 4.95. The van der Waals surface area contributed by atoms with Crippen molar-refractivity contribution >= 4 is 0 Å². The van der Waals surface area contributed by atoms with Gasteiger partial charge in [0.2, 0.25) is 0 Å². The van der Waals surface area contributed by atoms with E-state index in [4.69, 9.17) is 4.74 Å². The number of aliphatic hydroxyl groups is 2. The Labute approximate surface area is 171 Å².